The van der Waals surface area contributed by atoms with E-state index in [4.69, 9.17) is 9.72 Å². The number of amides is 1. The van der Waals surface area contributed by atoms with Crippen LogP contribution in [0.3, 0.4) is 0 Å². The number of aryl methyl sites for hydroxylation is 1. The van der Waals surface area contributed by atoms with E-state index in [0.29, 0.717) is 5.56 Å². The molecule has 1 aromatic heterocycles. The number of ether oxygens (including phenoxy) is 1. The maximum absolute atomic E-state index is 12.8. The normalized spacial score (nSPS) is 12.1. The van der Waals surface area contributed by atoms with Crippen LogP contribution in [-0.4, -0.2) is 22.6 Å². The largest absolute Gasteiger partial charge is 0.497 e. The second kappa shape index (κ2) is 13.8. The Kier molecular flexibility index (Phi) is 10.5. The second-order valence-electron chi connectivity index (χ2n) is 9.22. The molecule has 1 heterocycles. The molecule has 0 aliphatic rings. The Hall–Kier alpha value is -2.82. The summed E-state index contributed by atoms with van der Waals surface area (Å²) in [5.74, 6) is 1.55. The monoisotopic (exact) mass is 463 g/mol. The fourth-order valence-electron chi connectivity index (χ4n) is 4.50. The zero-order valence-corrected chi connectivity index (χ0v) is 21.2. The van der Waals surface area contributed by atoms with Gasteiger partial charge in [-0.05, 0) is 49.7 Å². The van der Waals surface area contributed by atoms with Crippen molar-refractivity contribution < 1.29 is 9.53 Å². The lowest BCUT2D eigenvalue weighted by Gasteiger charge is -2.16. The third-order valence-corrected chi connectivity index (χ3v) is 6.51. The van der Waals surface area contributed by atoms with Crippen molar-refractivity contribution in [3.63, 3.8) is 0 Å². The average Bonchev–Trinajstić information content (AvgIpc) is 3.24. The van der Waals surface area contributed by atoms with Crippen molar-refractivity contribution in [1.29, 1.82) is 0 Å². The number of carbonyl (C=O) groups is 1. The van der Waals surface area contributed by atoms with Crippen LogP contribution in [0.2, 0.25) is 0 Å². The molecule has 0 spiro atoms. The highest BCUT2D eigenvalue weighted by molar-refractivity contribution is 5.94. The summed E-state index contributed by atoms with van der Waals surface area (Å²) in [4.78, 5) is 17.7. The van der Waals surface area contributed by atoms with Gasteiger partial charge in [-0.25, -0.2) is 4.98 Å². The van der Waals surface area contributed by atoms with Crippen LogP contribution in [0.5, 0.6) is 5.75 Å². The number of carbonyl (C=O) groups excluding carboxylic acids is 1. The van der Waals surface area contributed by atoms with Crippen LogP contribution in [0.4, 0.5) is 0 Å². The lowest BCUT2D eigenvalue weighted by Crippen LogP contribution is -2.28. The summed E-state index contributed by atoms with van der Waals surface area (Å²) < 4.78 is 7.48. The number of rotatable bonds is 15. The minimum absolute atomic E-state index is 0.104. The molecule has 1 atom stereocenters. The van der Waals surface area contributed by atoms with E-state index in [0.717, 1.165) is 35.6 Å². The van der Waals surface area contributed by atoms with Gasteiger partial charge < -0.3 is 14.6 Å². The standard InChI is InChI=1S/C29H41N3O2/c1-4-5-6-7-8-9-10-11-12-15-22-32-27-17-14-13-16-26(27)31-28(32)23(2)30-29(33)24-18-20-25(34-3)21-19-24/h13-14,16-21,23H,4-12,15,22H2,1-3H3,(H,30,33). The van der Waals surface area contributed by atoms with E-state index < -0.39 is 0 Å². The number of hydrogen-bond donors (Lipinski definition) is 1. The Bertz CT molecular complexity index is 1010. The first kappa shape index (κ1) is 25.8. The number of aromatic nitrogens is 2. The maximum atomic E-state index is 12.8. The van der Waals surface area contributed by atoms with E-state index in [1.807, 2.05) is 19.1 Å². The molecule has 2 aromatic carbocycles. The van der Waals surface area contributed by atoms with Crippen molar-refractivity contribution in [2.75, 3.05) is 7.11 Å². The average molecular weight is 464 g/mol. The van der Waals surface area contributed by atoms with E-state index in [9.17, 15) is 4.79 Å². The predicted octanol–water partition coefficient (Wildman–Crippen LogP) is 7.46. The number of methoxy groups -OCH3 is 1. The molecule has 0 fully saturated rings. The summed E-state index contributed by atoms with van der Waals surface area (Å²) in [7, 11) is 1.62. The summed E-state index contributed by atoms with van der Waals surface area (Å²) in [6.45, 7) is 5.21. The molecule has 1 amide bonds. The molecular formula is C29H41N3O2. The van der Waals surface area contributed by atoms with Crippen molar-refractivity contribution in [2.45, 2.75) is 90.6 Å². The second-order valence-corrected chi connectivity index (χ2v) is 9.22. The van der Waals surface area contributed by atoms with Crippen LogP contribution >= 0.6 is 0 Å². The van der Waals surface area contributed by atoms with Gasteiger partial charge in [0.05, 0.1) is 24.2 Å². The summed E-state index contributed by atoms with van der Waals surface area (Å²) in [5.41, 5.74) is 2.74. The summed E-state index contributed by atoms with van der Waals surface area (Å²) in [5, 5.41) is 3.13. The fourth-order valence-corrected chi connectivity index (χ4v) is 4.50. The highest BCUT2D eigenvalue weighted by atomic mass is 16.5. The molecule has 3 rings (SSSR count). The number of fused-ring (bicyclic) bond motifs is 1. The molecular weight excluding hydrogens is 422 g/mol. The summed E-state index contributed by atoms with van der Waals surface area (Å²) >= 11 is 0. The molecule has 5 heteroatoms. The minimum atomic E-state index is -0.190. The lowest BCUT2D eigenvalue weighted by atomic mass is 10.1. The number of imidazole rings is 1. The first-order chi connectivity index (χ1) is 16.6. The number of nitrogens with one attached hydrogen (secondary N) is 1. The van der Waals surface area contributed by atoms with Gasteiger partial charge in [-0.3, -0.25) is 4.79 Å². The molecule has 0 aliphatic carbocycles. The van der Waals surface area contributed by atoms with Gasteiger partial charge in [-0.15, -0.1) is 0 Å². The Labute approximate surface area is 204 Å². The number of unbranched alkanes of at least 4 members (excludes halogenated alkanes) is 9. The molecule has 0 saturated heterocycles. The van der Waals surface area contributed by atoms with E-state index in [2.05, 4.69) is 28.9 Å². The van der Waals surface area contributed by atoms with Gasteiger partial charge in [-0.2, -0.15) is 0 Å². The molecule has 5 nitrogen and oxygen atoms in total. The molecule has 0 radical (unpaired) electrons. The zero-order chi connectivity index (χ0) is 24.2. The first-order valence-corrected chi connectivity index (χ1v) is 13.0. The van der Waals surface area contributed by atoms with Crippen LogP contribution in [0, 0.1) is 0 Å². The first-order valence-electron chi connectivity index (χ1n) is 13.0. The van der Waals surface area contributed by atoms with Gasteiger partial charge >= 0.3 is 0 Å². The van der Waals surface area contributed by atoms with Crippen molar-refractivity contribution in [1.82, 2.24) is 14.9 Å². The molecule has 0 saturated carbocycles. The fraction of sp³-hybridized carbons (Fsp3) is 0.517. The zero-order valence-electron chi connectivity index (χ0n) is 21.2. The Morgan fingerprint density at radius 1 is 0.912 bits per heavy atom. The molecule has 3 aromatic rings. The summed E-state index contributed by atoms with van der Waals surface area (Å²) in [6.07, 6.45) is 13.2. The quantitative estimate of drug-likeness (QED) is 0.238. The maximum Gasteiger partial charge on any atom is 0.251 e. The highest BCUT2D eigenvalue weighted by Crippen LogP contribution is 2.23. The Balaban J connectivity index is 1.56. The van der Waals surface area contributed by atoms with Crippen LogP contribution in [0.25, 0.3) is 11.0 Å². The lowest BCUT2D eigenvalue weighted by molar-refractivity contribution is 0.0937. The Morgan fingerprint density at radius 2 is 1.53 bits per heavy atom. The van der Waals surface area contributed by atoms with Crippen molar-refractivity contribution in [3.8, 4) is 5.75 Å². The topological polar surface area (TPSA) is 56.2 Å². The van der Waals surface area contributed by atoms with Crippen molar-refractivity contribution in [2.24, 2.45) is 0 Å². The molecule has 34 heavy (non-hydrogen) atoms. The van der Waals surface area contributed by atoms with E-state index >= 15 is 0 Å². The van der Waals surface area contributed by atoms with Crippen LogP contribution in [0.1, 0.15) is 100 Å². The van der Waals surface area contributed by atoms with Crippen LogP contribution < -0.4 is 10.1 Å². The number of benzene rings is 2. The number of para-hydroxylation sites is 2. The van der Waals surface area contributed by atoms with Gasteiger partial charge in [0.25, 0.3) is 5.91 Å². The number of nitrogens with zero attached hydrogens (tertiary/aromatic N) is 2. The van der Waals surface area contributed by atoms with Gasteiger partial charge in [0.15, 0.2) is 0 Å². The third-order valence-electron chi connectivity index (χ3n) is 6.51. The molecule has 1 unspecified atom stereocenters. The van der Waals surface area contributed by atoms with E-state index in [1.165, 1.54) is 57.8 Å². The van der Waals surface area contributed by atoms with E-state index in [-0.39, 0.29) is 11.9 Å². The van der Waals surface area contributed by atoms with Gasteiger partial charge in [0.1, 0.15) is 11.6 Å². The van der Waals surface area contributed by atoms with Crippen LogP contribution in [0.15, 0.2) is 48.5 Å². The SMILES string of the molecule is CCCCCCCCCCCCn1c(C(C)NC(=O)c2ccc(OC)cc2)nc2ccccc21. The van der Waals surface area contributed by atoms with Gasteiger partial charge in [-0.1, -0.05) is 76.8 Å². The minimum Gasteiger partial charge on any atom is -0.497 e. The van der Waals surface area contributed by atoms with Crippen LogP contribution in [-0.2, 0) is 6.54 Å². The Morgan fingerprint density at radius 3 is 2.18 bits per heavy atom. The molecule has 0 bridgehead atoms. The molecule has 184 valence electrons. The smallest absolute Gasteiger partial charge is 0.251 e. The molecule has 0 aliphatic heterocycles. The highest BCUT2D eigenvalue weighted by Gasteiger charge is 2.19. The molecule has 1 N–H and O–H groups in total. The van der Waals surface area contributed by atoms with Crippen molar-refractivity contribution in [3.05, 3.63) is 59.9 Å². The predicted molar refractivity (Wildman–Crippen MR) is 140 cm³/mol. The van der Waals surface area contributed by atoms with Gasteiger partial charge in [0, 0.05) is 12.1 Å². The van der Waals surface area contributed by atoms with Gasteiger partial charge in [0.2, 0.25) is 0 Å². The summed E-state index contributed by atoms with van der Waals surface area (Å²) in [6, 6.07) is 15.2. The number of hydrogen-bond acceptors (Lipinski definition) is 3. The van der Waals surface area contributed by atoms with Crippen molar-refractivity contribution >= 4 is 16.9 Å². The van der Waals surface area contributed by atoms with E-state index in [1.54, 1.807) is 31.4 Å². The third kappa shape index (κ3) is 7.34.